The van der Waals surface area contributed by atoms with Gasteiger partial charge in [-0.05, 0) is 82.4 Å². The first-order valence-electron chi connectivity index (χ1n) is 12.4. The molecule has 2 aliphatic heterocycles. The Kier molecular flexibility index (Phi) is 5.78. The third-order valence-electron chi connectivity index (χ3n) is 7.60. The minimum absolute atomic E-state index is 0.0446. The zero-order chi connectivity index (χ0) is 25.1. The highest BCUT2D eigenvalue weighted by atomic mass is 16.2. The highest BCUT2D eigenvalue weighted by molar-refractivity contribution is 6.00. The van der Waals surface area contributed by atoms with Crippen LogP contribution in [0.4, 0.5) is 11.4 Å². The molecule has 0 N–H and O–H groups in total. The zero-order valence-corrected chi connectivity index (χ0v) is 22.0. The van der Waals surface area contributed by atoms with Crippen LogP contribution in [0.3, 0.4) is 0 Å². The fraction of sp³-hybridized carbons (Fsp3) is 0.467. The summed E-state index contributed by atoms with van der Waals surface area (Å²) in [6.07, 6.45) is 4.39. The van der Waals surface area contributed by atoms with Gasteiger partial charge >= 0.3 is 0 Å². The molecule has 2 amide bonds. The van der Waals surface area contributed by atoms with E-state index in [4.69, 9.17) is 0 Å². The molecule has 0 saturated heterocycles. The van der Waals surface area contributed by atoms with Crippen LogP contribution < -0.4 is 9.80 Å². The van der Waals surface area contributed by atoms with E-state index in [2.05, 4.69) is 90.9 Å². The first-order chi connectivity index (χ1) is 15.8. The number of carbonyl (C=O) groups excluding carboxylic acids is 2. The van der Waals surface area contributed by atoms with Crippen molar-refractivity contribution in [1.29, 1.82) is 0 Å². The maximum atomic E-state index is 13.2. The lowest BCUT2D eigenvalue weighted by molar-refractivity contribution is -0.120. The van der Waals surface area contributed by atoms with Crippen molar-refractivity contribution in [3.05, 3.63) is 65.2 Å². The summed E-state index contributed by atoms with van der Waals surface area (Å²) in [4.78, 5) is 29.7. The van der Waals surface area contributed by atoms with E-state index in [0.29, 0.717) is 6.42 Å². The molecular formula is C30H38N2O2. The lowest BCUT2D eigenvalue weighted by atomic mass is 9.64. The van der Waals surface area contributed by atoms with E-state index in [1.165, 1.54) is 16.7 Å². The Labute approximate surface area is 204 Å². The van der Waals surface area contributed by atoms with Gasteiger partial charge in [0.05, 0.1) is 11.2 Å². The highest BCUT2D eigenvalue weighted by Crippen LogP contribution is 2.52. The average Bonchev–Trinajstić information content (AvgIpc) is 2.72. The number of hydrogen-bond donors (Lipinski definition) is 0. The molecule has 0 aliphatic carbocycles. The number of allylic oxidation sites excluding steroid dienone is 1. The van der Waals surface area contributed by atoms with Gasteiger partial charge in [0.2, 0.25) is 11.8 Å². The predicted molar refractivity (Wildman–Crippen MR) is 141 cm³/mol. The molecule has 180 valence electrons. The first kappa shape index (κ1) is 24.3. The number of benzene rings is 2. The van der Waals surface area contributed by atoms with Gasteiger partial charge in [0.15, 0.2) is 0 Å². The normalized spacial score (nSPS) is 22.5. The van der Waals surface area contributed by atoms with Crippen LogP contribution in [0.25, 0.3) is 5.57 Å². The van der Waals surface area contributed by atoms with Crippen LogP contribution in [-0.4, -0.2) is 22.9 Å². The lowest BCUT2D eigenvalue weighted by Gasteiger charge is -2.51. The van der Waals surface area contributed by atoms with Crippen molar-refractivity contribution in [2.45, 2.75) is 91.1 Å². The van der Waals surface area contributed by atoms with Crippen LogP contribution in [0.5, 0.6) is 0 Å². The summed E-state index contributed by atoms with van der Waals surface area (Å²) >= 11 is 0. The fourth-order valence-electron chi connectivity index (χ4n) is 6.50. The number of amides is 2. The number of fused-ring (bicyclic) bond motifs is 2. The SMILES string of the molecule is CCCC(=O)N1c2ccccc2[C@@](C)(c2ccc3c(c2)C(C)=CC(C)(C)N3C(C)=O)CC1(C)C. The minimum atomic E-state index is -0.367. The summed E-state index contributed by atoms with van der Waals surface area (Å²) in [5, 5.41) is 0. The van der Waals surface area contributed by atoms with Crippen LogP contribution >= 0.6 is 0 Å². The Morgan fingerprint density at radius 2 is 1.62 bits per heavy atom. The molecule has 0 fully saturated rings. The summed E-state index contributed by atoms with van der Waals surface area (Å²) in [7, 11) is 0. The molecule has 34 heavy (non-hydrogen) atoms. The second-order valence-corrected chi connectivity index (χ2v) is 11.4. The van der Waals surface area contributed by atoms with Gasteiger partial charge in [-0.15, -0.1) is 0 Å². The number of rotatable bonds is 3. The maximum Gasteiger partial charge on any atom is 0.227 e. The molecule has 0 unspecified atom stereocenters. The smallest absolute Gasteiger partial charge is 0.227 e. The summed E-state index contributed by atoms with van der Waals surface area (Å²) in [6.45, 7) is 16.6. The molecule has 2 aromatic carbocycles. The van der Waals surface area contributed by atoms with Crippen LogP contribution in [-0.2, 0) is 15.0 Å². The number of hydrogen-bond acceptors (Lipinski definition) is 2. The molecule has 2 aliphatic rings. The zero-order valence-electron chi connectivity index (χ0n) is 22.0. The fourth-order valence-corrected chi connectivity index (χ4v) is 6.50. The standard InChI is InChI=1S/C30H38N2O2/c1-9-12-27(34)32-26-14-11-10-13-24(26)30(8,19-29(32,6)7)22-15-16-25-23(17-22)20(2)18-28(4,5)31(25)21(3)33/h10-11,13-18H,9,12,19H2,1-8H3/t30-/m1/s1. The molecular weight excluding hydrogens is 420 g/mol. The van der Waals surface area contributed by atoms with E-state index in [-0.39, 0.29) is 28.3 Å². The van der Waals surface area contributed by atoms with Gasteiger partial charge in [0.25, 0.3) is 0 Å². The molecule has 0 bridgehead atoms. The largest absolute Gasteiger partial charge is 0.307 e. The Hall–Kier alpha value is -2.88. The third-order valence-corrected chi connectivity index (χ3v) is 7.60. The summed E-state index contributed by atoms with van der Waals surface area (Å²) in [6, 6.07) is 14.9. The van der Waals surface area contributed by atoms with Gasteiger partial charge in [-0.25, -0.2) is 0 Å². The molecule has 0 radical (unpaired) electrons. The van der Waals surface area contributed by atoms with Gasteiger partial charge < -0.3 is 9.80 Å². The van der Waals surface area contributed by atoms with E-state index in [1.54, 1.807) is 6.92 Å². The monoisotopic (exact) mass is 458 g/mol. The van der Waals surface area contributed by atoms with E-state index >= 15 is 0 Å². The molecule has 2 aromatic rings. The van der Waals surface area contributed by atoms with Crippen molar-refractivity contribution in [2.75, 3.05) is 9.80 Å². The predicted octanol–water partition coefficient (Wildman–Crippen LogP) is 6.86. The first-order valence-corrected chi connectivity index (χ1v) is 12.4. The highest BCUT2D eigenvalue weighted by Gasteiger charge is 2.48. The molecule has 1 atom stereocenters. The Bertz CT molecular complexity index is 1190. The van der Waals surface area contributed by atoms with Gasteiger partial charge in [-0.2, -0.15) is 0 Å². The van der Waals surface area contributed by atoms with Crippen molar-refractivity contribution in [1.82, 2.24) is 0 Å². The van der Waals surface area contributed by atoms with E-state index in [0.717, 1.165) is 29.8 Å². The quantitative estimate of drug-likeness (QED) is 0.504. The number of anilines is 2. The number of carbonyl (C=O) groups is 2. The minimum Gasteiger partial charge on any atom is -0.307 e. The molecule has 4 nitrogen and oxygen atoms in total. The number of para-hydroxylation sites is 1. The van der Waals surface area contributed by atoms with Gasteiger partial charge in [0.1, 0.15) is 0 Å². The van der Waals surface area contributed by atoms with Gasteiger partial charge in [0, 0.05) is 35.5 Å². The summed E-state index contributed by atoms with van der Waals surface area (Å²) in [5.74, 6) is 0.230. The molecule has 0 spiro atoms. The van der Waals surface area contributed by atoms with E-state index in [1.807, 2.05) is 15.9 Å². The Morgan fingerprint density at radius 3 is 2.26 bits per heavy atom. The van der Waals surface area contributed by atoms with Crippen molar-refractivity contribution in [3.8, 4) is 0 Å². The van der Waals surface area contributed by atoms with Gasteiger partial charge in [-0.3, -0.25) is 9.59 Å². The molecule has 2 heterocycles. The molecule has 4 heteroatoms. The van der Waals surface area contributed by atoms with Crippen molar-refractivity contribution >= 4 is 28.8 Å². The maximum absolute atomic E-state index is 13.2. The van der Waals surface area contributed by atoms with Gasteiger partial charge in [-0.1, -0.05) is 44.2 Å². The average molecular weight is 459 g/mol. The van der Waals surface area contributed by atoms with Crippen LogP contribution in [0.1, 0.15) is 91.3 Å². The molecule has 0 saturated carbocycles. The third kappa shape index (κ3) is 3.68. The summed E-state index contributed by atoms with van der Waals surface area (Å²) < 4.78 is 0. The van der Waals surface area contributed by atoms with E-state index < -0.39 is 0 Å². The van der Waals surface area contributed by atoms with Crippen LogP contribution in [0.15, 0.2) is 48.5 Å². The Morgan fingerprint density at radius 1 is 0.941 bits per heavy atom. The molecule has 4 rings (SSSR count). The second kappa shape index (κ2) is 8.11. The van der Waals surface area contributed by atoms with Crippen molar-refractivity contribution in [3.63, 3.8) is 0 Å². The second-order valence-electron chi connectivity index (χ2n) is 11.4. The van der Waals surface area contributed by atoms with E-state index in [9.17, 15) is 9.59 Å². The van der Waals surface area contributed by atoms with Crippen LogP contribution in [0.2, 0.25) is 0 Å². The summed E-state index contributed by atoms with van der Waals surface area (Å²) in [5.41, 5.74) is 5.69. The lowest BCUT2D eigenvalue weighted by Crippen LogP contribution is -2.55. The van der Waals surface area contributed by atoms with Crippen molar-refractivity contribution in [2.24, 2.45) is 0 Å². The van der Waals surface area contributed by atoms with Crippen molar-refractivity contribution < 1.29 is 9.59 Å². The topological polar surface area (TPSA) is 40.6 Å². The number of nitrogens with zero attached hydrogens (tertiary/aromatic N) is 2. The molecule has 0 aromatic heterocycles. The van der Waals surface area contributed by atoms with Crippen LogP contribution in [0, 0.1) is 0 Å². The Balaban J connectivity index is 1.90.